The summed E-state index contributed by atoms with van der Waals surface area (Å²) in [6.45, 7) is 4.44. The first-order chi connectivity index (χ1) is 14.1. The smallest absolute Gasteiger partial charge is 0.303 e. The van der Waals surface area contributed by atoms with Gasteiger partial charge in [-0.1, -0.05) is 5.11 Å². The summed E-state index contributed by atoms with van der Waals surface area (Å²) < 4.78 is 32.0. The summed E-state index contributed by atoms with van der Waals surface area (Å²) in [7, 11) is 0. The van der Waals surface area contributed by atoms with Crippen molar-refractivity contribution >= 4 is 23.9 Å². The van der Waals surface area contributed by atoms with E-state index in [1.807, 2.05) is 0 Å². The minimum absolute atomic E-state index is 0.0484. The Balaban J connectivity index is 3.17. The quantitative estimate of drug-likeness (QED) is 0.120. The number of azide groups is 1. The number of hydrogen-bond donors (Lipinski definition) is 0. The molecule has 3 unspecified atom stereocenters. The maximum Gasteiger partial charge on any atom is 0.303 e. The van der Waals surface area contributed by atoms with Crippen LogP contribution in [-0.2, 0) is 47.6 Å². The van der Waals surface area contributed by atoms with Gasteiger partial charge in [0.1, 0.15) is 12.7 Å². The van der Waals surface area contributed by atoms with Gasteiger partial charge in [0, 0.05) is 39.2 Å². The third kappa shape index (κ3) is 8.64. The van der Waals surface area contributed by atoms with Crippen molar-refractivity contribution in [1.29, 1.82) is 0 Å². The molecule has 1 aliphatic rings. The fourth-order valence-electron chi connectivity index (χ4n) is 2.70. The maximum atomic E-state index is 11.7. The second-order valence-corrected chi connectivity index (χ2v) is 6.25. The van der Waals surface area contributed by atoms with E-state index in [0.717, 1.165) is 20.8 Å². The van der Waals surface area contributed by atoms with E-state index in [1.54, 1.807) is 0 Å². The minimum atomic E-state index is -1.29. The summed E-state index contributed by atoms with van der Waals surface area (Å²) in [5.74, 6) is -2.78. The third-order valence-electron chi connectivity index (χ3n) is 3.70. The van der Waals surface area contributed by atoms with Gasteiger partial charge in [-0.3, -0.25) is 19.2 Å². The predicted molar refractivity (Wildman–Crippen MR) is 96.5 cm³/mol. The summed E-state index contributed by atoms with van der Waals surface area (Å²) in [6, 6.07) is 0. The Hall–Kier alpha value is -2.89. The summed E-state index contributed by atoms with van der Waals surface area (Å²) in [4.78, 5) is 48.7. The van der Waals surface area contributed by atoms with Crippen molar-refractivity contribution in [3.8, 4) is 0 Å². The van der Waals surface area contributed by atoms with Gasteiger partial charge < -0.3 is 28.4 Å². The van der Waals surface area contributed by atoms with Gasteiger partial charge in [0.15, 0.2) is 24.6 Å². The van der Waals surface area contributed by atoms with E-state index in [0.29, 0.717) is 6.42 Å². The zero-order valence-corrected chi connectivity index (χ0v) is 17.1. The van der Waals surface area contributed by atoms with Gasteiger partial charge in [0.05, 0.1) is 6.61 Å². The fraction of sp³-hybridized carbons (Fsp3) is 0.765. The summed E-state index contributed by atoms with van der Waals surface area (Å²) in [6.07, 6.45) is -5.78. The molecule has 0 N–H and O–H groups in total. The maximum absolute atomic E-state index is 11.7. The number of hydrogen-bond acceptors (Lipinski definition) is 11. The molecule has 1 saturated heterocycles. The van der Waals surface area contributed by atoms with E-state index in [1.165, 1.54) is 6.92 Å². The second-order valence-electron chi connectivity index (χ2n) is 6.25. The largest absolute Gasteiger partial charge is 0.463 e. The highest BCUT2D eigenvalue weighted by Crippen LogP contribution is 2.30. The lowest BCUT2D eigenvalue weighted by Gasteiger charge is -2.44. The van der Waals surface area contributed by atoms with Crippen molar-refractivity contribution in [2.45, 2.75) is 64.8 Å². The van der Waals surface area contributed by atoms with Gasteiger partial charge in [-0.15, -0.1) is 0 Å². The summed E-state index contributed by atoms with van der Waals surface area (Å²) >= 11 is 0. The first kappa shape index (κ1) is 25.1. The Morgan fingerprint density at radius 2 is 1.47 bits per heavy atom. The number of carbonyl (C=O) groups is 4. The molecule has 13 heteroatoms. The van der Waals surface area contributed by atoms with E-state index >= 15 is 0 Å². The molecule has 13 nitrogen and oxygen atoms in total. The average Bonchev–Trinajstić information content (AvgIpc) is 2.63. The van der Waals surface area contributed by atoms with Crippen LogP contribution in [-0.4, -0.2) is 74.3 Å². The monoisotopic (exact) mass is 431 g/mol. The molecule has 0 spiro atoms. The summed E-state index contributed by atoms with van der Waals surface area (Å²) in [5.41, 5.74) is 8.32. The van der Waals surface area contributed by atoms with Crippen molar-refractivity contribution < 1.29 is 47.6 Å². The minimum Gasteiger partial charge on any atom is -0.463 e. The lowest BCUT2D eigenvalue weighted by molar-refractivity contribution is -0.308. The van der Waals surface area contributed by atoms with Crippen LogP contribution in [0.2, 0.25) is 0 Å². The highest BCUT2D eigenvalue weighted by Gasteiger charge is 2.52. The van der Waals surface area contributed by atoms with Crippen molar-refractivity contribution in [1.82, 2.24) is 0 Å². The lowest BCUT2D eigenvalue weighted by atomic mass is 9.98. The molecule has 0 aromatic rings. The van der Waals surface area contributed by atoms with Crippen LogP contribution in [0.25, 0.3) is 10.4 Å². The van der Waals surface area contributed by atoms with Crippen LogP contribution < -0.4 is 0 Å². The summed E-state index contributed by atoms with van der Waals surface area (Å²) in [5, 5.41) is 3.37. The molecule has 1 rings (SSSR count). The van der Waals surface area contributed by atoms with Crippen molar-refractivity contribution in [2.24, 2.45) is 5.11 Å². The fourth-order valence-corrected chi connectivity index (χ4v) is 2.70. The molecule has 0 aliphatic carbocycles. The lowest BCUT2D eigenvalue weighted by Crippen LogP contribution is -2.63. The predicted octanol–water partition coefficient (Wildman–Crippen LogP) is 0.786. The molecule has 0 aromatic heterocycles. The highest BCUT2D eigenvalue weighted by atomic mass is 16.7. The standard InChI is InChI=1S/C17H25N3O10/c1-9(21)26-8-13-14(27-10(2)22)15(28-11(3)23)16(29-12(4)24)17(30-13)25-7-5-6-19-20-18/h13-17H,5-8H2,1-4H3/t13?,14-,15?,16?,17+/m0/s1. The Bertz CT molecular complexity index is 679. The molecule has 5 atom stereocenters. The molecular formula is C17H25N3O10. The van der Waals surface area contributed by atoms with E-state index in [9.17, 15) is 19.2 Å². The molecule has 0 bridgehead atoms. The molecule has 1 heterocycles. The number of carbonyl (C=O) groups excluding carboxylic acids is 4. The number of esters is 4. The van der Waals surface area contributed by atoms with Gasteiger partial charge in [0.25, 0.3) is 0 Å². The second kappa shape index (κ2) is 12.6. The van der Waals surface area contributed by atoms with Crippen molar-refractivity contribution in [3.05, 3.63) is 10.4 Å². The van der Waals surface area contributed by atoms with Crippen LogP contribution in [0.15, 0.2) is 5.11 Å². The number of nitrogens with zero attached hydrogens (tertiary/aromatic N) is 3. The Morgan fingerprint density at radius 1 is 0.900 bits per heavy atom. The van der Waals surface area contributed by atoms with Crippen LogP contribution >= 0.6 is 0 Å². The third-order valence-corrected chi connectivity index (χ3v) is 3.70. The van der Waals surface area contributed by atoms with Crippen molar-refractivity contribution in [2.75, 3.05) is 19.8 Å². The van der Waals surface area contributed by atoms with E-state index in [-0.39, 0.29) is 19.8 Å². The Kier molecular flexibility index (Phi) is 10.6. The van der Waals surface area contributed by atoms with Gasteiger partial charge in [0.2, 0.25) is 0 Å². The van der Waals surface area contributed by atoms with E-state index in [2.05, 4.69) is 10.0 Å². The van der Waals surface area contributed by atoms with Gasteiger partial charge in [-0.05, 0) is 12.0 Å². The Labute approximate surface area is 172 Å². The molecule has 0 saturated carbocycles. The Morgan fingerprint density at radius 3 is 2.00 bits per heavy atom. The van der Waals surface area contributed by atoms with Crippen molar-refractivity contribution in [3.63, 3.8) is 0 Å². The van der Waals surface area contributed by atoms with Crippen LogP contribution in [0.4, 0.5) is 0 Å². The molecule has 30 heavy (non-hydrogen) atoms. The molecule has 0 radical (unpaired) electrons. The van der Waals surface area contributed by atoms with Crippen LogP contribution in [0.5, 0.6) is 0 Å². The van der Waals surface area contributed by atoms with Crippen LogP contribution in [0.3, 0.4) is 0 Å². The van der Waals surface area contributed by atoms with Gasteiger partial charge in [-0.25, -0.2) is 0 Å². The normalized spacial score (nSPS) is 25.4. The zero-order valence-electron chi connectivity index (χ0n) is 17.1. The molecule has 0 aromatic carbocycles. The van der Waals surface area contributed by atoms with Gasteiger partial charge >= 0.3 is 23.9 Å². The number of ether oxygens (including phenoxy) is 6. The zero-order chi connectivity index (χ0) is 22.7. The molecular weight excluding hydrogens is 406 g/mol. The van der Waals surface area contributed by atoms with Crippen LogP contribution in [0.1, 0.15) is 34.1 Å². The van der Waals surface area contributed by atoms with Gasteiger partial charge in [-0.2, -0.15) is 0 Å². The average molecular weight is 431 g/mol. The van der Waals surface area contributed by atoms with E-state index < -0.39 is 54.6 Å². The molecule has 0 amide bonds. The molecule has 1 fully saturated rings. The topological polar surface area (TPSA) is 172 Å². The SMILES string of the molecule is CC(=O)OCC1O[C@@H](OCCCN=[N+]=[N-])C(OC(C)=O)C(OC(C)=O)[C@H]1OC(C)=O. The first-order valence-electron chi connectivity index (χ1n) is 9.08. The van der Waals surface area contributed by atoms with E-state index in [4.69, 9.17) is 34.0 Å². The van der Waals surface area contributed by atoms with Crippen LogP contribution in [0, 0.1) is 0 Å². The number of rotatable bonds is 10. The highest BCUT2D eigenvalue weighted by molar-refractivity contribution is 5.68. The first-order valence-corrected chi connectivity index (χ1v) is 9.08. The molecule has 1 aliphatic heterocycles. The molecule has 168 valence electrons.